The molecule has 0 aliphatic carbocycles. The van der Waals surface area contributed by atoms with Crippen LogP contribution in [-0.4, -0.2) is 41.3 Å². The van der Waals surface area contributed by atoms with Gasteiger partial charge in [0.05, 0.1) is 6.61 Å². The highest BCUT2D eigenvalue weighted by Crippen LogP contribution is 2.24. The maximum atomic E-state index is 9.16. The lowest BCUT2D eigenvalue weighted by Gasteiger charge is -2.24. The summed E-state index contributed by atoms with van der Waals surface area (Å²) in [6.45, 7) is 8.87. The molecule has 0 bridgehead atoms. The lowest BCUT2D eigenvalue weighted by atomic mass is 10.1. The van der Waals surface area contributed by atoms with Crippen molar-refractivity contribution in [2.24, 2.45) is 0 Å². The third-order valence-electron chi connectivity index (χ3n) is 3.02. The molecule has 1 aromatic rings. The van der Waals surface area contributed by atoms with Gasteiger partial charge in [0.2, 0.25) is 0 Å². The van der Waals surface area contributed by atoms with E-state index in [1.54, 1.807) is 6.33 Å². The van der Waals surface area contributed by atoms with Crippen LogP contribution in [0.3, 0.4) is 0 Å². The Balaban J connectivity index is 3.06. The molecule has 1 rings (SSSR count). The normalized spacial score (nSPS) is 10.5. The maximum Gasteiger partial charge on any atom is 0.137 e. The summed E-state index contributed by atoms with van der Waals surface area (Å²) in [5.74, 6) is 1.89. The van der Waals surface area contributed by atoms with E-state index in [1.807, 2.05) is 0 Å². The Bertz CT molecular complexity index is 370. The second-order valence-corrected chi connectivity index (χ2v) is 4.50. The first-order valence-electron chi connectivity index (χ1n) is 7.21. The highest BCUT2D eigenvalue weighted by Gasteiger charge is 2.15. The van der Waals surface area contributed by atoms with Crippen molar-refractivity contribution in [3.63, 3.8) is 0 Å². The number of nitrogens with zero attached hydrogens (tertiary/aromatic N) is 3. The van der Waals surface area contributed by atoms with Crippen LogP contribution in [0.5, 0.6) is 0 Å². The van der Waals surface area contributed by atoms with Crippen molar-refractivity contribution in [1.29, 1.82) is 0 Å². The molecular formula is C14H26N4O. The molecule has 19 heavy (non-hydrogen) atoms. The van der Waals surface area contributed by atoms with E-state index in [4.69, 9.17) is 5.11 Å². The fourth-order valence-electron chi connectivity index (χ4n) is 2.09. The number of aromatic nitrogens is 2. The summed E-state index contributed by atoms with van der Waals surface area (Å²) in [6.07, 6.45) is 4.67. The Morgan fingerprint density at radius 2 is 2.00 bits per heavy atom. The molecule has 0 spiro atoms. The summed E-state index contributed by atoms with van der Waals surface area (Å²) in [5, 5.41) is 12.5. The smallest absolute Gasteiger partial charge is 0.137 e. The molecule has 0 saturated carbocycles. The van der Waals surface area contributed by atoms with Crippen LogP contribution < -0.4 is 10.2 Å². The monoisotopic (exact) mass is 266 g/mol. The zero-order chi connectivity index (χ0) is 14.1. The van der Waals surface area contributed by atoms with E-state index >= 15 is 0 Å². The number of hydrogen-bond acceptors (Lipinski definition) is 5. The van der Waals surface area contributed by atoms with E-state index in [2.05, 4.69) is 41.0 Å². The fraction of sp³-hybridized carbons (Fsp3) is 0.714. The Hall–Kier alpha value is -1.36. The zero-order valence-corrected chi connectivity index (χ0v) is 12.3. The Kier molecular flexibility index (Phi) is 7.18. The minimum Gasteiger partial charge on any atom is -0.395 e. The lowest BCUT2D eigenvalue weighted by molar-refractivity contribution is 0.302. The molecule has 108 valence electrons. The van der Waals surface area contributed by atoms with Crippen molar-refractivity contribution < 1.29 is 5.11 Å². The predicted octanol–water partition coefficient (Wildman–Crippen LogP) is 2.07. The first-order chi connectivity index (χ1) is 9.28. The molecule has 5 heteroatoms. The van der Waals surface area contributed by atoms with Gasteiger partial charge in [0.1, 0.15) is 18.0 Å². The molecule has 0 aromatic carbocycles. The van der Waals surface area contributed by atoms with E-state index in [0.29, 0.717) is 6.54 Å². The van der Waals surface area contributed by atoms with Gasteiger partial charge in [-0.3, -0.25) is 0 Å². The highest BCUT2D eigenvalue weighted by molar-refractivity contribution is 5.58. The Morgan fingerprint density at radius 3 is 2.58 bits per heavy atom. The molecule has 0 saturated heterocycles. The molecule has 0 amide bonds. The van der Waals surface area contributed by atoms with Crippen molar-refractivity contribution >= 4 is 11.6 Å². The van der Waals surface area contributed by atoms with Gasteiger partial charge in [-0.25, -0.2) is 9.97 Å². The molecular weight excluding hydrogens is 240 g/mol. The first-order valence-corrected chi connectivity index (χ1v) is 7.21. The summed E-state index contributed by atoms with van der Waals surface area (Å²) < 4.78 is 0. The fourth-order valence-corrected chi connectivity index (χ4v) is 2.09. The standard InChI is InChI=1S/C14H26N4O/c1-4-7-12-13(15-8-5-2)16-11-17-14(12)18(6-3)9-10-19/h11,19H,4-10H2,1-3H3,(H,15,16,17). The minimum atomic E-state index is 0.140. The molecule has 0 aliphatic heterocycles. The number of rotatable bonds is 9. The number of aliphatic hydroxyl groups excluding tert-OH is 1. The van der Waals surface area contributed by atoms with E-state index in [0.717, 1.165) is 49.6 Å². The van der Waals surface area contributed by atoms with Crippen LogP contribution in [-0.2, 0) is 6.42 Å². The molecule has 0 aliphatic rings. The van der Waals surface area contributed by atoms with Gasteiger partial charge >= 0.3 is 0 Å². The third-order valence-corrected chi connectivity index (χ3v) is 3.02. The number of aliphatic hydroxyl groups is 1. The van der Waals surface area contributed by atoms with Gasteiger partial charge in [-0.05, 0) is 19.8 Å². The maximum absolute atomic E-state index is 9.16. The SMILES string of the molecule is CCCNc1ncnc(N(CC)CCO)c1CCC. The van der Waals surface area contributed by atoms with E-state index in [9.17, 15) is 0 Å². The van der Waals surface area contributed by atoms with Gasteiger partial charge in [0.25, 0.3) is 0 Å². The third kappa shape index (κ3) is 4.35. The van der Waals surface area contributed by atoms with E-state index in [-0.39, 0.29) is 6.61 Å². The Labute approximate surface area is 116 Å². The second kappa shape index (κ2) is 8.69. The van der Waals surface area contributed by atoms with Gasteiger partial charge in [-0.15, -0.1) is 0 Å². The topological polar surface area (TPSA) is 61.3 Å². The molecule has 0 fully saturated rings. The zero-order valence-electron chi connectivity index (χ0n) is 12.3. The molecule has 0 unspecified atom stereocenters. The summed E-state index contributed by atoms with van der Waals surface area (Å²) in [6, 6.07) is 0. The molecule has 5 nitrogen and oxygen atoms in total. The van der Waals surface area contributed by atoms with Crippen LogP contribution in [0.4, 0.5) is 11.6 Å². The van der Waals surface area contributed by atoms with E-state index < -0.39 is 0 Å². The molecule has 0 atom stereocenters. The molecule has 0 radical (unpaired) electrons. The van der Waals surface area contributed by atoms with Gasteiger partial charge in [0, 0.05) is 25.2 Å². The van der Waals surface area contributed by atoms with Gasteiger partial charge in [-0.2, -0.15) is 0 Å². The highest BCUT2D eigenvalue weighted by atomic mass is 16.3. The number of anilines is 2. The van der Waals surface area contributed by atoms with E-state index in [1.165, 1.54) is 0 Å². The van der Waals surface area contributed by atoms with Crippen LogP contribution in [0.2, 0.25) is 0 Å². The molecule has 2 N–H and O–H groups in total. The van der Waals surface area contributed by atoms with Gasteiger partial charge in [-0.1, -0.05) is 20.3 Å². The van der Waals surface area contributed by atoms with Crippen molar-refractivity contribution in [2.75, 3.05) is 36.5 Å². The predicted molar refractivity (Wildman–Crippen MR) is 79.8 cm³/mol. The van der Waals surface area contributed by atoms with Crippen molar-refractivity contribution in [1.82, 2.24) is 9.97 Å². The largest absolute Gasteiger partial charge is 0.395 e. The molecule has 1 aromatic heterocycles. The summed E-state index contributed by atoms with van der Waals surface area (Å²) >= 11 is 0. The van der Waals surface area contributed by atoms with Crippen molar-refractivity contribution in [3.8, 4) is 0 Å². The lowest BCUT2D eigenvalue weighted by Crippen LogP contribution is -2.28. The number of hydrogen-bond donors (Lipinski definition) is 2. The average molecular weight is 266 g/mol. The van der Waals surface area contributed by atoms with Crippen molar-refractivity contribution in [3.05, 3.63) is 11.9 Å². The second-order valence-electron chi connectivity index (χ2n) is 4.50. The van der Waals surface area contributed by atoms with Crippen LogP contribution in [0.1, 0.15) is 39.2 Å². The first kappa shape index (κ1) is 15.7. The average Bonchev–Trinajstić information content (AvgIpc) is 2.44. The van der Waals surface area contributed by atoms with Crippen LogP contribution in [0.15, 0.2) is 6.33 Å². The summed E-state index contributed by atoms with van der Waals surface area (Å²) in [4.78, 5) is 10.9. The van der Waals surface area contributed by atoms with Crippen LogP contribution in [0.25, 0.3) is 0 Å². The van der Waals surface area contributed by atoms with Gasteiger partial charge in [0.15, 0.2) is 0 Å². The summed E-state index contributed by atoms with van der Waals surface area (Å²) in [5.41, 5.74) is 1.16. The number of nitrogens with one attached hydrogen (secondary N) is 1. The van der Waals surface area contributed by atoms with Crippen molar-refractivity contribution in [2.45, 2.75) is 40.0 Å². The van der Waals surface area contributed by atoms with Crippen LogP contribution >= 0.6 is 0 Å². The Morgan fingerprint density at radius 1 is 1.21 bits per heavy atom. The molecule has 1 heterocycles. The summed E-state index contributed by atoms with van der Waals surface area (Å²) in [7, 11) is 0. The van der Waals surface area contributed by atoms with Gasteiger partial charge < -0.3 is 15.3 Å². The number of likely N-dealkylation sites (N-methyl/N-ethyl adjacent to an activating group) is 1. The quantitative estimate of drug-likeness (QED) is 0.716. The van der Waals surface area contributed by atoms with Crippen LogP contribution in [0, 0.1) is 0 Å². The minimum absolute atomic E-state index is 0.140.